The van der Waals surface area contributed by atoms with Crippen molar-refractivity contribution in [1.29, 1.82) is 0 Å². The first-order valence-electron chi connectivity index (χ1n) is 7.00. The van der Waals surface area contributed by atoms with Gasteiger partial charge in [0.25, 0.3) is 5.91 Å². The van der Waals surface area contributed by atoms with Gasteiger partial charge in [0.15, 0.2) is 6.61 Å². The van der Waals surface area contributed by atoms with Crippen molar-refractivity contribution in [3.05, 3.63) is 28.5 Å². The van der Waals surface area contributed by atoms with Crippen LogP contribution in [0.4, 0.5) is 4.39 Å². The van der Waals surface area contributed by atoms with Gasteiger partial charge in [0.1, 0.15) is 11.6 Å². The summed E-state index contributed by atoms with van der Waals surface area (Å²) >= 11 is 3.22. The SMILES string of the molecule is O=C(COc1ccc(F)cc1Br)NC(C1CC1)C1CC1. The number of halogens is 2. The lowest BCUT2D eigenvalue weighted by molar-refractivity contribution is -0.124. The first-order chi connectivity index (χ1) is 9.63. The normalized spacial score (nSPS) is 18.1. The second-order valence-corrected chi connectivity index (χ2v) is 6.49. The lowest BCUT2D eigenvalue weighted by Gasteiger charge is -2.18. The quantitative estimate of drug-likeness (QED) is 0.862. The summed E-state index contributed by atoms with van der Waals surface area (Å²) in [6, 6.07) is 4.49. The first-order valence-corrected chi connectivity index (χ1v) is 7.80. The van der Waals surface area contributed by atoms with E-state index in [0.29, 0.717) is 28.1 Å². The van der Waals surface area contributed by atoms with Crippen molar-refractivity contribution in [2.75, 3.05) is 6.61 Å². The Morgan fingerprint density at radius 1 is 1.35 bits per heavy atom. The van der Waals surface area contributed by atoms with Crippen LogP contribution in [-0.4, -0.2) is 18.6 Å². The fourth-order valence-corrected chi connectivity index (χ4v) is 2.96. The fraction of sp³-hybridized carbons (Fsp3) is 0.533. The molecule has 5 heteroatoms. The van der Waals surface area contributed by atoms with Gasteiger partial charge in [-0.2, -0.15) is 0 Å². The van der Waals surface area contributed by atoms with Crippen LogP contribution < -0.4 is 10.1 Å². The minimum atomic E-state index is -0.337. The van der Waals surface area contributed by atoms with Gasteiger partial charge in [-0.15, -0.1) is 0 Å². The van der Waals surface area contributed by atoms with E-state index in [2.05, 4.69) is 21.2 Å². The third-order valence-electron chi connectivity index (χ3n) is 3.84. The average Bonchev–Trinajstić information content (AvgIpc) is 3.28. The van der Waals surface area contributed by atoms with E-state index in [1.165, 1.54) is 43.9 Å². The Balaban J connectivity index is 1.51. The van der Waals surface area contributed by atoms with Crippen molar-refractivity contribution in [3.63, 3.8) is 0 Å². The molecule has 1 aromatic carbocycles. The molecule has 0 bridgehead atoms. The topological polar surface area (TPSA) is 38.3 Å². The zero-order valence-corrected chi connectivity index (χ0v) is 12.7. The molecule has 1 amide bonds. The Morgan fingerprint density at radius 2 is 2.00 bits per heavy atom. The molecule has 0 aliphatic heterocycles. The van der Waals surface area contributed by atoms with Crippen molar-refractivity contribution < 1.29 is 13.9 Å². The molecule has 0 saturated heterocycles. The lowest BCUT2D eigenvalue weighted by atomic mass is 10.1. The molecule has 0 aromatic heterocycles. The number of nitrogens with one attached hydrogen (secondary N) is 1. The maximum absolute atomic E-state index is 12.9. The Hall–Kier alpha value is -1.10. The van der Waals surface area contributed by atoms with Crippen LogP contribution in [0.3, 0.4) is 0 Å². The second-order valence-electron chi connectivity index (χ2n) is 5.63. The summed E-state index contributed by atoms with van der Waals surface area (Å²) in [7, 11) is 0. The minimum absolute atomic E-state index is 0.0276. The Labute approximate surface area is 126 Å². The molecule has 1 aromatic rings. The summed E-state index contributed by atoms with van der Waals surface area (Å²) in [5, 5.41) is 3.09. The van der Waals surface area contributed by atoms with Gasteiger partial charge < -0.3 is 10.1 Å². The molecule has 3 nitrogen and oxygen atoms in total. The molecule has 2 aliphatic rings. The predicted molar refractivity (Wildman–Crippen MR) is 77.0 cm³/mol. The third-order valence-corrected chi connectivity index (χ3v) is 4.46. The Kier molecular flexibility index (Phi) is 3.96. The van der Waals surface area contributed by atoms with Crippen molar-refractivity contribution in [2.24, 2.45) is 11.8 Å². The number of amides is 1. The van der Waals surface area contributed by atoms with Crippen LogP contribution >= 0.6 is 15.9 Å². The zero-order valence-electron chi connectivity index (χ0n) is 11.1. The van der Waals surface area contributed by atoms with E-state index in [-0.39, 0.29) is 18.3 Å². The van der Waals surface area contributed by atoms with Crippen LogP contribution in [0, 0.1) is 17.7 Å². The number of hydrogen-bond acceptors (Lipinski definition) is 2. The zero-order chi connectivity index (χ0) is 14.1. The highest BCUT2D eigenvalue weighted by Gasteiger charge is 2.42. The first kappa shape index (κ1) is 13.9. The van der Waals surface area contributed by atoms with E-state index >= 15 is 0 Å². The summed E-state index contributed by atoms with van der Waals surface area (Å²) in [5.41, 5.74) is 0. The highest BCUT2D eigenvalue weighted by Crippen LogP contribution is 2.44. The maximum Gasteiger partial charge on any atom is 0.258 e. The van der Waals surface area contributed by atoms with Crippen LogP contribution in [0.15, 0.2) is 22.7 Å². The fourth-order valence-electron chi connectivity index (χ4n) is 2.49. The Bertz CT molecular complexity index is 503. The van der Waals surface area contributed by atoms with Crippen LogP contribution in [0.2, 0.25) is 0 Å². The van der Waals surface area contributed by atoms with Gasteiger partial charge in [0.05, 0.1) is 4.47 Å². The molecule has 0 atom stereocenters. The molecule has 1 N–H and O–H groups in total. The van der Waals surface area contributed by atoms with Crippen LogP contribution in [0.1, 0.15) is 25.7 Å². The number of benzene rings is 1. The molecule has 108 valence electrons. The summed E-state index contributed by atoms with van der Waals surface area (Å²) in [4.78, 5) is 11.9. The largest absolute Gasteiger partial charge is 0.483 e. The number of carbonyl (C=O) groups excluding carboxylic acids is 1. The van der Waals surface area contributed by atoms with Crippen LogP contribution in [-0.2, 0) is 4.79 Å². The standard InChI is InChI=1S/C15H17BrFNO2/c16-12-7-11(17)5-6-13(12)20-8-14(19)18-15(9-1-2-9)10-3-4-10/h5-7,9-10,15H,1-4,8H2,(H,18,19). The number of ether oxygens (including phenoxy) is 1. The summed E-state index contributed by atoms with van der Waals surface area (Å²) in [5.74, 6) is 1.39. The smallest absolute Gasteiger partial charge is 0.258 e. The molecular weight excluding hydrogens is 325 g/mol. The molecule has 3 rings (SSSR count). The van der Waals surface area contributed by atoms with Gasteiger partial charge in [0, 0.05) is 6.04 Å². The van der Waals surface area contributed by atoms with E-state index in [9.17, 15) is 9.18 Å². The molecule has 20 heavy (non-hydrogen) atoms. The molecule has 2 saturated carbocycles. The van der Waals surface area contributed by atoms with E-state index in [1.807, 2.05) is 0 Å². The van der Waals surface area contributed by atoms with Crippen molar-refractivity contribution in [2.45, 2.75) is 31.7 Å². The second kappa shape index (κ2) is 5.72. The highest BCUT2D eigenvalue weighted by atomic mass is 79.9. The number of carbonyl (C=O) groups is 1. The molecule has 2 fully saturated rings. The van der Waals surface area contributed by atoms with Crippen molar-refractivity contribution in [3.8, 4) is 5.75 Å². The molecule has 0 spiro atoms. The van der Waals surface area contributed by atoms with Crippen LogP contribution in [0.25, 0.3) is 0 Å². The van der Waals surface area contributed by atoms with E-state index in [0.717, 1.165) is 0 Å². The maximum atomic E-state index is 12.9. The molecular formula is C15H17BrFNO2. The van der Waals surface area contributed by atoms with Gasteiger partial charge in [0.2, 0.25) is 0 Å². The van der Waals surface area contributed by atoms with Gasteiger partial charge in [-0.3, -0.25) is 4.79 Å². The number of hydrogen-bond donors (Lipinski definition) is 1. The van der Waals surface area contributed by atoms with Crippen LogP contribution in [0.5, 0.6) is 5.75 Å². The van der Waals surface area contributed by atoms with Gasteiger partial charge in [-0.05, 0) is 71.6 Å². The van der Waals surface area contributed by atoms with Crippen molar-refractivity contribution >= 4 is 21.8 Å². The summed E-state index contributed by atoms with van der Waals surface area (Å²) < 4.78 is 18.9. The van der Waals surface area contributed by atoms with E-state index < -0.39 is 0 Å². The monoisotopic (exact) mass is 341 g/mol. The third kappa shape index (κ3) is 3.51. The molecule has 0 radical (unpaired) electrons. The minimum Gasteiger partial charge on any atom is -0.483 e. The van der Waals surface area contributed by atoms with E-state index in [1.54, 1.807) is 0 Å². The molecule has 0 heterocycles. The highest BCUT2D eigenvalue weighted by molar-refractivity contribution is 9.10. The van der Waals surface area contributed by atoms with Gasteiger partial charge in [-0.1, -0.05) is 0 Å². The van der Waals surface area contributed by atoms with Gasteiger partial charge in [-0.25, -0.2) is 4.39 Å². The molecule has 0 unspecified atom stereocenters. The number of rotatable bonds is 6. The summed E-state index contributed by atoms with van der Waals surface area (Å²) in [6.45, 7) is -0.0276. The van der Waals surface area contributed by atoms with Gasteiger partial charge >= 0.3 is 0 Å². The molecule has 2 aliphatic carbocycles. The Morgan fingerprint density at radius 3 is 2.55 bits per heavy atom. The lowest BCUT2D eigenvalue weighted by Crippen LogP contribution is -2.40. The van der Waals surface area contributed by atoms with Crippen molar-refractivity contribution in [1.82, 2.24) is 5.32 Å². The predicted octanol–water partition coefficient (Wildman–Crippen LogP) is 3.27. The summed E-state index contributed by atoms with van der Waals surface area (Å²) in [6.07, 6.45) is 4.91. The van der Waals surface area contributed by atoms with E-state index in [4.69, 9.17) is 4.74 Å². The average molecular weight is 342 g/mol.